The van der Waals surface area contributed by atoms with Crippen molar-refractivity contribution in [2.24, 2.45) is 11.7 Å². The summed E-state index contributed by atoms with van der Waals surface area (Å²) in [4.78, 5) is 28.0. The Labute approximate surface area is 187 Å². The fourth-order valence-electron chi connectivity index (χ4n) is 5.07. The number of fused-ring (bicyclic) bond motifs is 2. The molecule has 166 valence electrons. The Morgan fingerprint density at radius 1 is 1.29 bits per heavy atom. The summed E-state index contributed by atoms with van der Waals surface area (Å²) in [6.07, 6.45) is 4.88. The van der Waals surface area contributed by atoms with Crippen molar-refractivity contribution in [3.63, 3.8) is 0 Å². The van der Waals surface area contributed by atoms with E-state index in [4.69, 9.17) is 10.5 Å². The lowest BCUT2D eigenvalue weighted by Crippen LogP contribution is -2.34. The fraction of sp³-hybridized carbons (Fsp3) is 0.524. The molecular weight excluding hydrogens is 443 g/mol. The number of aromatic nitrogens is 2. The van der Waals surface area contributed by atoms with Crippen LogP contribution in [-0.4, -0.2) is 34.7 Å². The summed E-state index contributed by atoms with van der Waals surface area (Å²) in [5.74, 6) is 0.215. The van der Waals surface area contributed by atoms with E-state index < -0.39 is 16.8 Å². The van der Waals surface area contributed by atoms with Gasteiger partial charge in [-0.25, -0.2) is 4.39 Å². The number of pyridine rings is 1. The number of hydrogen-bond acceptors (Lipinski definition) is 6. The number of rotatable bonds is 4. The molecule has 7 nitrogen and oxygen atoms in total. The summed E-state index contributed by atoms with van der Waals surface area (Å²) in [6.45, 7) is 1.39. The van der Waals surface area contributed by atoms with Crippen LogP contribution in [0.25, 0.3) is 21.1 Å². The molecule has 0 radical (unpaired) electrons. The predicted molar refractivity (Wildman–Crippen MR) is 123 cm³/mol. The van der Waals surface area contributed by atoms with E-state index in [0.29, 0.717) is 40.8 Å². The Bertz CT molecular complexity index is 1320. The summed E-state index contributed by atoms with van der Waals surface area (Å²) in [5.41, 5.74) is 6.42. The van der Waals surface area contributed by atoms with Gasteiger partial charge in [-0.3, -0.25) is 14.0 Å². The average Bonchev–Trinajstić information content (AvgIpc) is 3.61. The summed E-state index contributed by atoms with van der Waals surface area (Å²) < 4.78 is 25.9. The summed E-state index contributed by atoms with van der Waals surface area (Å²) in [7, 11) is 1.52. The van der Waals surface area contributed by atoms with Gasteiger partial charge in [0.15, 0.2) is 11.6 Å². The number of methoxy groups -OCH3 is 1. The fourth-order valence-corrected chi connectivity index (χ4v) is 5.99. The van der Waals surface area contributed by atoms with Crippen LogP contribution in [0.3, 0.4) is 0 Å². The lowest BCUT2D eigenvalue weighted by Gasteiger charge is -2.25. The van der Waals surface area contributed by atoms with Crippen molar-refractivity contribution in [3.8, 4) is 5.75 Å². The van der Waals surface area contributed by atoms with E-state index in [0.717, 1.165) is 43.6 Å². The SMILES string of the molecule is COc1c(N2CCC(C3(N)CC3)C2)c(F)cc2c(=O)c3c(=O)[nH]sc3n(C3CC3)c12.Cl. The molecule has 3 aromatic rings. The number of aromatic amines is 1. The first-order valence-corrected chi connectivity index (χ1v) is 11.2. The maximum atomic E-state index is 15.4. The largest absolute Gasteiger partial charge is 0.492 e. The van der Waals surface area contributed by atoms with Crippen LogP contribution in [0.4, 0.5) is 10.1 Å². The minimum absolute atomic E-state index is 0. The summed E-state index contributed by atoms with van der Waals surface area (Å²) in [5, 5.41) is 0.304. The molecule has 3 aliphatic rings. The van der Waals surface area contributed by atoms with Crippen LogP contribution in [-0.2, 0) is 0 Å². The van der Waals surface area contributed by atoms with Crippen LogP contribution in [0.2, 0.25) is 0 Å². The number of nitrogens with two attached hydrogens (primary N) is 1. The van der Waals surface area contributed by atoms with Gasteiger partial charge in [0.1, 0.15) is 15.9 Å². The monoisotopic (exact) mass is 466 g/mol. The highest BCUT2D eigenvalue weighted by Crippen LogP contribution is 2.48. The second-order valence-corrected chi connectivity index (χ2v) is 9.74. The number of anilines is 1. The molecule has 1 atom stereocenters. The van der Waals surface area contributed by atoms with Crippen molar-refractivity contribution >= 4 is 50.7 Å². The van der Waals surface area contributed by atoms with Gasteiger partial charge in [0.05, 0.1) is 18.0 Å². The van der Waals surface area contributed by atoms with Crippen molar-refractivity contribution in [2.75, 3.05) is 25.1 Å². The van der Waals surface area contributed by atoms with Crippen LogP contribution in [0, 0.1) is 11.7 Å². The Hall–Kier alpha value is -2.10. The van der Waals surface area contributed by atoms with Crippen molar-refractivity contribution in [1.29, 1.82) is 0 Å². The standard InChI is InChI=1S/C21H23FN4O3S.ClH/c1-29-18-15-12(17(27)14-19(28)24-30-20(14)26(15)11-2-3-11)8-13(22)16(18)25-7-4-10(9-25)21(23)5-6-21;/h8,10-11H,2-7,9,23H2,1H3,(H,24,28);1H. The molecular formula is C21H24ClFN4O3S. The second-order valence-electron chi connectivity index (χ2n) is 8.94. The highest BCUT2D eigenvalue weighted by atomic mass is 35.5. The van der Waals surface area contributed by atoms with Crippen molar-refractivity contribution in [3.05, 3.63) is 32.5 Å². The highest BCUT2D eigenvalue weighted by molar-refractivity contribution is 7.12. The maximum Gasteiger partial charge on any atom is 0.271 e. The molecule has 31 heavy (non-hydrogen) atoms. The van der Waals surface area contributed by atoms with Gasteiger partial charge >= 0.3 is 0 Å². The number of H-pyrrole nitrogens is 1. The van der Waals surface area contributed by atoms with E-state index in [1.54, 1.807) is 0 Å². The third-order valence-electron chi connectivity index (χ3n) is 7.06. The van der Waals surface area contributed by atoms with E-state index in [1.165, 1.54) is 13.2 Å². The van der Waals surface area contributed by atoms with E-state index in [2.05, 4.69) is 4.37 Å². The first-order valence-electron chi connectivity index (χ1n) is 10.4. The Morgan fingerprint density at radius 2 is 2.03 bits per heavy atom. The molecule has 1 aromatic carbocycles. The first-order chi connectivity index (χ1) is 14.4. The van der Waals surface area contributed by atoms with Crippen molar-refractivity contribution in [1.82, 2.24) is 8.94 Å². The quantitative estimate of drug-likeness (QED) is 0.616. The van der Waals surface area contributed by atoms with Gasteiger partial charge in [-0.2, -0.15) is 0 Å². The second kappa shape index (κ2) is 6.95. The maximum absolute atomic E-state index is 15.4. The molecule has 3 N–H and O–H groups in total. The molecule has 2 saturated carbocycles. The van der Waals surface area contributed by atoms with Gasteiger partial charge in [-0.1, -0.05) is 0 Å². The van der Waals surface area contributed by atoms with Crippen LogP contribution in [0.1, 0.15) is 38.1 Å². The van der Waals surface area contributed by atoms with Gasteiger partial charge in [0.25, 0.3) is 5.56 Å². The first kappa shape index (κ1) is 20.8. The number of hydrogen-bond donors (Lipinski definition) is 2. The summed E-state index contributed by atoms with van der Waals surface area (Å²) >= 11 is 1.16. The predicted octanol–water partition coefficient (Wildman–Crippen LogP) is 3.13. The smallest absolute Gasteiger partial charge is 0.271 e. The molecule has 3 fully saturated rings. The van der Waals surface area contributed by atoms with Crippen LogP contribution < -0.4 is 26.4 Å². The number of nitrogens with one attached hydrogen (secondary N) is 1. The minimum atomic E-state index is -0.493. The van der Waals surface area contributed by atoms with E-state index in [-0.39, 0.29) is 34.8 Å². The van der Waals surface area contributed by atoms with Crippen LogP contribution in [0.15, 0.2) is 15.7 Å². The van der Waals surface area contributed by atoms with Crippen LogP contribution >= 0.6 is 23.9 Å². The van der Waals surface area contributed by atoms with Crippen molar-refractivity contribution in [2.45, 2.75) is 43.7 Å². The van der Waals surface area contributed by atoms with Crippen molar-refractivity contribution < 1.29 is 9.13 Å². The van der Waals surface area contributed by atoms with Gasteiger partial charge in [-0.05, 0) is 55.6 Å². The van der Waals surface area contributed by atoms with E-state index in [1.807, 2.05) is 9.47 Å². The molecule has 0 amide bonds. The number of halogens is 2. The lowest BCUT2D eigenvalue weighted by atomic mass is 9.97. The number of ether oxygens (including phenoxy) is 1. The molecule has 2 aromatic heterocycles. The molecule has 1 aliphatic heterocycles. The zero-order valence-electron chi connectivity index (χ0n) is 17.1. The zero-order chi connectivity index (χ0) is 20.8. The molecule has 0 bridgehead atoms. The van der Waals surface area contributed by atoms with Gasteiger partial charge in [-0.15, -0.1) is 12.4 Å². The molecule has 2 aliphatic carbocycles. The topological polar surface area (TPSA) is 93.3 Å². The average molecular weight is 467 g/mol. The van der Waals surface area contributed by atoms with Gasteiger partial charge < -0.3 is 19.9 Å². The minimum Gasteiger partial charge on any atom is -0.492 e. The normalized spacial score (nSPS) is 22.2. The van der Waals surface area contributed by atoms with E-state index in [9.17, 15) is 9.59 Å². The van der Waals surface area contributed by atoms with E-state index >= 15 is 4.39 Å². The highest BCUT2D eigenvalue weighted by Gasteiger charge is 2.48. The van der Waals surface area contributed by atoms with Gasteiger partial charge in [0.2, 0.25) is 5.43 Å². The molecule has 0 spiro atoms. The third kappa shape index (κ3) is 2.93. The number of nitrogens with zero attached hydrogens (tertiary/aromatic N) is 2. The number of benzene rings is 1. The van der Waals surface area contributed by atoms with Gasteiger partial charge in [0, 0.05) is 24.7 Å². The molecule has 1 unspecified atom stereocenters. The Morgan fingerprint density at radius 3 is 2.68 bits per heavy atom. The zero-order valence-corrected chi connectivity index (χ0v) is 18.7. The Kier molecular flexibility index (Phi) is 4.66. The Balaban J connectivity index is 0.00000204. The molecule has 10 heteroatoms. The lowest BCUT2D eigenvalue weighted by molar-refractivity contribution is 0.412. The summed E-state index contributed by atoms with van der Waals surface area (Å²) in [6, 6.07) is 1.47. The third-order valence-corrected chi connectivity index (χ3v) is 7.94. The molecule has 6 rings (SSSR count). The molecule has 3 heterocycles. The molecule has 1 saturated heterocycles. The van der Waals surface area contributed by atoms with Crippen LogP contribution in [0.5, 0.6) is 5.75 Å².